The fourth-order valence-corrected chi connectivity index (χ4v) is 3.80. The van der Waals surface area contributed by atoms with Gasteiger partial charge in [-0.1, -0.05) is 30.3 Å². The van der Waals surface area contributed by atoms with Crippen LogP contribution in [0, 0.1) is 0 Å². The summed E-state index contributed by atoms with van der Waals surface area (Å²) in [6.45, 7) is 3.81. The van der Waals surface area contributed by atoms with E-state index in [1.54, 1.807) is 4.90 Å². The second kappa shape index (κ2) is 7.92. The molecule has 7 heteroatoms. The van der Waals surface area contributed by atoms with Crippen molar-refractivity contribution in [1.29, 1.82) is 0 Å². The first kappa shape index (κ1) is 17.7. The van der Waals surface area contributed by atoms with Crippen molar-refractivity contribution in [2.75, 3.05) is 19.6 Å². The number of nitrogens with zero attached hydrogens (tertiary/aromatic N) is 3. The lowest BCUT2D eigenvalue weighted by Gasteiger charge is -2.16. The predicted molar refractivity (Wildman–Crippen MR) is 101 cm³/mol. The molecule has 3 heterocycles. The van der Waals surface area contributed by atoms with E-state index in [-0.39, 0.29) is 24.3 Å². The van der Waals surface area contributed by atoms with E-state index in [4.69, 9.17) is 0 Å². The molecule has 0 saturated carbocycles. The number of carbonyl (C=O) groups is 2. The minimum Gasteiger partial charge on any atom is -0.349 e. The summed E-state index contributed by atoms with van der Waals surface area (Å²) in [5.74, 6) is 0.0694. The highest BCUT2D eigenvalue weighted by Gasteiger charge is 2.31. The van der Waals surface area contributed by atoms with Gasteiger partial charge in [-0.2, -0.15) is 5.10 Å². The molecule has 1 atom stereocenters. The van der Waals surface area contributed by atoms with E-state index in [0.717, 1.165) is 43.0 Å². The van der Waals surface area contributed by atoms with Crippen molar-refractivity contribution >= 4 is 11.8 Å². The van der Waals surface area contributed by atoms with Crippen LogP contribution < -0.4 is 10.6 Å². The zero-order valence-electron chi connectivity index (χ0n) is 15.4. The van der Waals surface area contributed by atoms with Crippen LogP contribution in [0.4, 0.5) is 0 Å². The maximum absolute atomic E-state index is 12.3. The molecule has 0 unspecified atom stereocenters. The normalized spacial score (nSPS) is 19.6. The smallest absolute Gasteiger partial charge is 0.239 e. The number of benzene rings is 1. The Morgan fingerprint density at radius 2 is 2.15 bits per heavy atom. The highest BCUT2D eigenvalue weighted by atomic mass is 16.2. The Labute approximate surface area is 158 Å². The van der Waals surface area contributed by atoms with E-state index in [2.05, 4.69) is 15.7 Å². The number of carbonyl (C=O) groups excluding carboxylic acids is 2. The van der Waals surface area contributed by atoms with Crippen molar-refractivity contribution in [2.45, 2.75) is 38.4 Å². The SMILES string of the molecule is O=C(CN1C[C@H](c2ccccc2)CC1=O)NCc1cc2n(n1)CCCNC2. The summed E-state index contributed by atoms with van der Waals surface area (Å²) in [6.07, 6.45) is 1.53. The maximum Gasteiger partial charge on any atom is 0.239 e. The molecule has 0 spiro atoms. The summed E-state index contributed by atoms with van der Waals surface area (Å²) >= 11 is 0. The molecule has 142 valence electrons. The van der Waals surface area contributed by atoms with E-state index in [9.17, 15) is 9.59 Å². The van der Waals surface area contributed by atoms with E-state index in [1.807, 2.05) is 41.1 Å². The topological polar surface area (TPSA) is 79.3 Å². The van der Waals surface area contributed by atoms with Gasteiger partial charge in [0.25, 0.3) is 0 Å². The van der Waals surface area contributed by atoms with Crippen LogP contribution >= 0.6 is 0 Å². The Bertz CT molecular complexity index is 794. The number of likely N-dealkylation sites (tertiary alicyclic amines) is 1. The first-order chi connectivity index (χ1) is 13.2. The molecule has 0 bridgehead atoms. The van der Waals surface area contributed by atoms with Crippen LogP contribution in [0.25, 0.3) is 0 Å². The van der Waals surface area contributed by atoms with Gasteiger partial charge in [0.05, 0.1) is 24.5 Å². The van der Waals surface area contributed by atoms with Crippen molar-refractivity contribution in [1.82, 2.24) is 25.3 Å². The van der Waals surface area contributed by atoms with Gasteiger partial charge in [0.1, 0.15) is 0 Å². The zero-order valence-corrected chi connectivity index (χ0v) is 15.4. The summed E-state index contributed by atoms with van der Waals surface area (Å²) in [5, 5.41) is 10.8. The maximum atomic E-state index is 12.3. The highest BCUT2D eigenvalue weighted by Crippen LogP contribution is 2.27. The fourth-order valence-electron chi connectivity index (χ4n) is 3.80. The molecular weight excluding hydrogens is 342 g/mol. The van der Waals surface area contributed by atoms with Gasteiger partial charge >= 0.3 is 0 Å². The van der Waals surface area contributed by atoms with Gasteiger partial charge in [-0.25, -0.2) is 0 Å². The lowest BCUT2D eigenvalue weighted by atomic mass is 9.99. The van der Waals surface area contributed by atoms with Gasteiger partial charge in [0.2, 0.25) is 11.8 Å². The zero-order chi connectivity index (χ0) is 18.6. The molecule has 2 N–H and O–H groups in total. The summed E-state index contributed by atoms with van der Waals surface area (Å²) < 4.78 is 2.01. The van der Waals surface area contributed by atoms with Gasteiger partial charge in [-0.15, -0.1) is 0 Å². The molecule has 4 rings (SSSR count). The summed E-state index contributed by atoms with van der Waals surface area (Å²) in [5.41, 5.74) is 3.16. The van der Waals surface area contributed by atoms with Gasteiger partial charge in [-0.05, 0) is 24.6 Å². The number of rotatable bonds is 5. The number of hydrogen-bond donors (Lipinski definition) is 2. The Hall–Kier alpha value is -2.67. The molecular formula is C20H25N5O2. The standard InChI is InChI=1S/C20H25N5O2/c26-19(22-11-17-10-18-12-21-7-4-8-25(18)23-17)14-24-13-16(9-20(24)27)15-5-2-1-3-6-15/h1-3,5-6,10,16,21H,4,7-9,11-14H2,(H,22,26)/t16-/m1/s1. The molecule has 27 heavy (non-hydrogen) atoms. The van der Waals surface area contributed by atoms with Crippen molar-refractivity contribution in [3.05, 3.63) is 53.3 Å². The van der Waals surface area contributed by atoms with Gasteiger partial charge < -0.3 is 15.5 Å². The number of nitrogens with one attached hydrogen (secondary N) is 2. The van der Waals surface area contributed by atoms with Crippen molar-refractivity contribution < 1.29 is 9.59 Å². The average molecular weight is 367 g/mol. The highest BCUT2D eigenvalue weighted by molar-refractivity contribution is 5.86. The first-order valence-corrected chi connectivity index (χ1v) is 9.55. The second-order valence-corrected chi connectivity index (χ2v) is 7.24. The molecule has 2 aromatic rings. The molecule has 0 radical (unpaired) electrons. The molecule has 2 aliphatic heterocycles. The Kier molecular flexibility index (Phi) is 5.20. The molecule has 1 aromatic carbocycles. The summed E-state index contributed by atoms with van der Waals surface area (Å²) in [6, 6.07) is 12.1. The second-order valence-electron chi connectivity index (χ2n) is 7.24. The van der Waals surface area contributed by atoms with Gasteiger partial charge in [0, 0.05) is 32.0 Å². The predicted octanol–water partition coefficient (Wildman–Crippen LogP) is 1.01. The van der Waals surface area contributed by atoms with Crippen molar-refractivity contribution in [2.24, 2.45) is 0 Å². The van der Waals surface area contributed by atoms with E-state index in [0.29, 0.717) is 19.5 Å². The van der Waals surface area contributed by atoms with Crippen LogP contribution in [-0.2, 0) is 29.2 Å². The number of hydrogen-bond acceptors (Lipinski definition) is 4. The molecule has 7 nitrogen and oxygen atoms in total. The third kappa shape index (κ3) is 4.19. The molecule has 2 amide bonds. The quantitative estimate of drug-likeness (QED) is 0.827. The summed E-state index contributed by atoms with van der Waals surface area (Å²) in [7, 11) is 0. The number of aryl methyl sites for hydroxylation is 1. The van der Waals surface area contributed by atoms with Crippen molar-refractivity contribution in [3.8, 4) is 0 Å². The number of aromatic nitrogens is 2. The monoisotopic (exact) mass is 367 g/mol. The Morgan fingerprint density at radius 1 is 1.30 bits per heavy atom. The van der Waals surface area contributed by atoms with E-state index < -0.39 is 0 Å². The first-order valence-electron chi connectivity index (χ1n) is 9.55. The van der Waals surface area contributed by atoms with Gasteiger partial charge in [-0.3, -0.25) is 14.3 Å². The lowest BCUT2D eigenvalue weighted by molar-refractivity contribution is -0.133. The molecule has 2 aliphatic rings. The van der Waals surface area contributed by atoms with Crippen LogP contribution in [0.2, 0.25) is 0 Å². The lowest BCUT2D eigenvalue weighted by Crippen LogP contribution is -2.37. The minimum atomic E-state index is -0.140. The Balaban J connectivity index is 1.29. The third-order valence-electron chi connectivity index (χ3n) is 5.23. The number of fused-ring (bicyclic) bond motifs is 1. The largest absolute Gasteiger partial charge is 0.349 e. The van der Waals surface area contributed by atoms with Crippen molar-refractivity contribution in [3.63, 3.8) is 0 Å². The molecule has 0 aliphatic carbocycles. The Morgan fingerprint density at radius 3 is 3.00 bits per heavy atom. The number of amides is 2. The average Bonchev–Trinajstić information content (AvgIpc) is 3.17. The van der Waals surface area contributed by atoms with Crippen LogP contribution in [0.5, 0.6) is 0 Å². The van der Waals surface area contributed by atoms with E-state index in [1.165, 1.54) is 0 Å². The third-order valence-corrected chi connectivity index (χ3v) is 5.23. The van der Waals surface area contributed by atoms with E-state index >= 15 is 0 Å². The minimum absolute atomic E-state index is 0.0405. The molecule has 1 saturated heterocycles. The molecule has 1 aromatic heterocycles. The molecule has 1 fully saturated rings. The van der Waals surface area contributed by atoms with Crippen LogP contribution in [0.1, 0.15) is 35.7 Å². The van der Waals surface area contributed by atoms with Crippen LogP contribution in [0.3, 0.4) is 0 Å². The fraction of sp³-hybridized carbons (Fsp3) is 0.450. The van der Waals surface area contributed by atoms with Crippen LogP contribution in [-0.4, -0.2) is 46.1 Å². The van der Waals surface area contributed by atoms with Crippen LogP contribution in [0.15, 0.2) is 36.4 Å². The van der Waals surface area contributed by atoms with Gasteiger partial charge in [0.15, 0.2) is 0 Å². The summed E-state index contributed by atoms with van der Waals surface area (Å²) in [4.78, 5) is 26.2.